The predicted molar refractivity (Wildman–Crippen MR) is 111 cm³/mol. The Bertz CT molecular complexity index is 1090. The molecular formula is C21H23FN4O5. The minimum Gasteiger partial charge on any atom is -0.381 e. The van der Waals surface area contributed by atoms with Crippen LogP contribution in [0.5, 0.6) is 0 Å². The van der Waals surface area contributed by atoms with Crippen LogP contribution in [0.25, 0.3) is 11.6 Å². The number of nitrogens with zero attached hydrogens (tertiary/aromatic N) is 1. The highest BCUT2D eigenvalue weighted by molar-refractivity contribution is 6.34. The topological polar surface area (TPSA) is 124 Å². The fraction of sp³-hybridized carbons (Fsp3) is 0.286. The van der Waals surface area contributed by atoms with E-state index in [2.05, 4.69) is 15.6 Å². The number of aliphatic hydroxyl groups is 1. The first-order valence-corrected chi connectivity index (χ1v) is 9.44. The van der Waals surface area contributed by atoms with E-state index in [-0.39, 0.29) is 18.0 Å². The van der Waals surface area contributed by atoms with Gasteiger partial charge in [-0.1, -0.05) is 0 Å². The lowest BCUT2D eigenvalue weighted by Crippen LogP contribution is -2.43. The highest BCUT2D eigenvalue weighted by Crippen LogP contribution is 2.34. The van der Waals surface area contributed by atoms with E-state index in [4.69, 9.17) is 4.84 Å². The Kier molecular flexibility index (Phi) is 6.23. The Hall–Kier alpha value is -3.50. The van der Waals surface area contributed by atoms with Gasteiger partial charge in [-0.2, -0.15) is 0 Å². The third-order valence-electron chi connectivity index (χ3n) is 5.08. The molecular weight excluding hydrogens is 407 g/mol. The van der Waals surface area contributed by atoms with Crippen molar-refractivity contribution in [3.63, 3.8) is 0 Å². The molecule has 1 aliphatic heterocycles. The molecule has 9 nitrogen and oxygen atoms in total. The van der Waals surface area contributed by atoms with E-state index in [1.54, 1.807) is 19.9 Å². The fourth-order valence-corrected chi connectivity index (χ4v) is 3.37. The smallest absolute Gasteiger partial charge is 0.276 e. The Labute approximate surface area is 177 Å². The highest BCUT2D eigenvalue weighted by atomic mass is 19.1. The van der Waals surface area contributed by atoms with Crippen molar-refractivity contribution in [2.24, 2.45) is 0 Å². The largest absolute Gasteiger partial charge is 0.381 e. The van der Waals surface area contributed by atoms with Gasteiger partial charge in [-0.05, 0) is 43.7 Å². The number of H-pyrrole nitrogens is 1. The molecule has 3 rings (SSSR count). The molecule has 3 amide bonds. The van der Waals surface area contributed by atoms with Gasteiger partial charge in [0.25, 0.3) is 17.7 Å². The number of aromatic nitrogens is 1. The van der Waals surface area contributed by atoms with Crippen molar-refractivity contribution in [3.8, 4) is 0 Å². The summed E-state index contributed by atoms with van der Waals surface area (Å²) >= 11 is 0. The number of benzene rings is 1. The van der Waals surface area contributed by atoms with Gasteiger partial charge in [0.1, 0.15) is 5.82 Å². The molecule has 0 bridgehead atoms. The molecule has 0 aliphatic carbocycles. The lowest BCUT2D eigenvalue weighted by Gasteiger charge is -2.18. The average Bonchev–Trinajstić information content (AvgIpc) is 3.19. The number of hydrogen-bond acceptors (Lipinski definition) is 5. The first-order valence-electron chi connectivity index (χ1n) is 9.44. The Morgan fingerprint density at radius 3 is 2.74 bits per heavy atom. The van der Waals surface area contributed by atoms with E-state index in [1.165, 1.54) is 32.4 Å². The zero-order valence-electron chi connectivity index (χ0n) is 17.5. The van der Waals surface area contributed by atoms with Crippen LogP contribution in [0.2, 0.25) is 0 Å². The molecule has 1 aromatic carbocycles. The summed E-state index contributed by atoms with van der Waals surface area (Å²) in [5.74, 6) is -2.03. The number of hydrogen-bond donors (Lipinski definition) is 4. The van der Waals surface area contributed by atoms with E-state index in [0.717, 1.165) is 5.06 Å². The van der Waals surface area contributed by atoms with Crippen molar-refractivity contribution in [2.45, 2.75) is 20.0 Å². The molecule has 0 saturated heterocycles. The Balaban J connectivity index is 1.83. The molecule has 2 heterocycles. The molecule has 2 aromatic rings. The van der Waals surface area contributed by atoms with Gasteiger partial charge in [0, 0.05) is 29.7 Å². The van der Waals surface area contributed by atoms with E-state index >= 15 is 0 Å². The number of aliphatic hydroxyl groups excluding tert-OH is 1. The quantitative estimate of drug-likeness (QED) is 0.407. The van der Waals surface area contributed by atoms with Gasteiger partial charge in [-0.15, -0.1) is 0 Å². The first kappa shape index (κ1) is 22.2. The number of rotatable bonds is 6. The summed E-state index contributed by atoms with van der Waals surface area (Å²) in [7, 11) is 2.62. The molecule has 1 aromatic heterocycles. The third-order valence-corrected chi connectivity index (χ3v) is 5.08. The number of amides is 3. The van der Waals surface area contributed by atoms with E-state index in [0.29, 0.717) is 33.8 Å². The Morgan fingerprint density at radius 2 is 2.06 bits per heavy atom. The maximum Gasteiger partial charge on any atom is 0.276 e. The molecule has 1 atom stereocenters. The summed E-state index contributed by atoms with van der Waals surface area (Å²) in [5.41, 5.74) is 3.16. The number of aromatic amines is 1. The van der Waals surface area contributed by atoms with Crippen LogP contribution in [-0.2, 0) is 14.4 Å². The van der Waals surface area contributed by atoms with Crippen molar-refractivity contribution in [2.75, 3.05) is 26.0 Å². The summed E-state index contributed by atoms with van der Waals surface area (Å²) in [6.07, 6.45) is 0.0923. The number of halogens is 1. The highest BCUT2D eigenvalue weighted by Gasteiger charge is 2.26. The maximum absolute atomic E-state index is 13.7. The molecule has 0 radical (unpaired) electrons. The normalized spacial score (nSPS) is 14.9. The molecule has 0 spiro atoms. The number of hydroxylamine groups is 2. The Morgan fingerprint density at radius 1 is 1.35 bits per heavy atom. The minimum absolute atomic E-state index is 0.273. The van der Waals surface area contributed by atoms with Crippen LogP contribution in [-0.4, -0.2) is 59.7 Å². The second kappa shape index (κ2) is 8.70. The van der Waals surface area contributed by atoms with Crippen LogP contribution < -0.4 is 10.6 Å². The van der Waals surface area contributed by atoms with Crippen molar-refractivity contribution in [1.82, 2.24) is 15.4 Å². The lowest BCUT2D eigenvalue weighted by atomic mass is 10.0. The van der Waals surface area contributed by atoms with Crippen LogP contribution in [0, 0.1) is 19.7 Å². The molecule has 31 heavy (non-hydrogen) atoms. The first-order chi connectivity index (χ1) is 14.6. The molecule has 0 saturated carbocycles. The summed E-state index contributed by atoms with van der Waals surface area (Å²) in [6.45, 7) is 3.08. The molecule has 4 N–H and O–H groups in total. The second-order valence-corrected chi connectivity index (χ2v) is 7.11. The van der Waals surface area contributed by atoms with Crippen molar-refractivity contribution in [3.05, 3.63) is 52.1 Å². The van der Waals surface area contributed by atoms with E-state index in [1.807, 2.05) is 0 Å². The number of fused-ring (bicyclic) bond motifs is 1. The van der Waals surface area contributed by atoms with Crippen LogP contribution in [0.4, 0.5) is 10.1 Å². The van der Waals surface area contributed by atoms with Crippen LogP contribution in [0.1, 0.15) is 32.9 Å². The summed E-state index contributed by atoms with van der Waals surface area (Å²) in [6, 6.07) is 4.02. The number of carbonyl (C=O) groups excluding carboxylic acids is 3. The molecule has 0 fully saturated rings. The molecule has 1 aliphatic rings. The summed E-state index contributed by atoms with van der Waals surface area (Å²) in [5, 5.41) is 16.0. The van der Waals surface area contributed by atoms with Gasteiger partial charge in [-0.3, -0.25) is 19.2 Å². The minimum atomic E-state index is -1.47. The van der Waals surface area contributed by atoms with Crippen molar-refractivity contribution >= 4 is 35.1 Å². The average molecular weight is 430 g/mol. The van der Waals surface area contributed by atoms with Crippen LogP contribution in [0.3, 0.4) is 0 Å². The molecule has 10 heteroatoms. The van der Waals surface area contributed by atoms with Crippen molar-refractivity contribution < 1.29 is 28.7 Å². The lowest BCUT2D eigenvalue weighted by molar-refractivity contribution is -0.177. The van der Waals surface area contributed by atoms with Gasteiger partial charge in [-0.25, -0.2) is 9.45 Å². The predicted octanol–water partition coefficient (Wildman–Crippen LogP) is 1.37. The van der Waals surface area contributed by atoms with Gasteiger partial charge in [0.15, 0.2) is 6.10 Å². The summed E-state index contributed by atoms with van der Waals surface area (Å²) < 4.78 is 13.7. The molecule has 1 unspecified atom stereocenters. The SMILES string of the molecule is CON(C)C(=O)C(O)CNC(=O)c1c(C)[nH]c(C=C2C(=O)Nc3ccc(F)cc32)c1C. The van der Waals surface area contributed by atoms with Crippen LogP contribution >= 0.6 is 0 Å². The summed E-state index contributed by atoms with van der Waals surface area (Å²) in [4.78, 5) is 44.6. The standard InChI is InChI=1S/C21H23FN4O5/c1-10-16(8-14-13-7-12(22)5-6-15(13)25-19(14)28)24-11(2)18(10)20(29)23-9-17(27)21(30)26(3)31-4/h5-8,17,24,27H,9H2,1-4H3,(H,23,29)(H,25,28). The van der Waals surface area contributed by atoms with Gasteiger partial charge < -0.3 is 20.7 Å². The monoisotopic (exact) mass is 430 g/mol. The zero-order valence-corrected chi connectivity index (χ0v) is 17.5. The fourth-order valence-electron chi connectivity index (χ4n) is 3.37. The second-order valence-electron chi connectivity index (χ2n) is 7.11. The number of anilines is 1. The number of aryl methyl sites for hydroxylation is 1. The molecule has 164 valence electrons. The maximum atomic E-state index is 13.7. The number of nitrogens with one attached hydrogen (secondary N) is 3. The number of carbonyl (C=O) groups is 3. The number of likely N-dealkylation sites (N-methyl/N-ethyl adjacent to an activating group) is 1. The van der Waals surface area contributed by atoms with Crippen LogP contribution in [0.15, 0.2) is 18.2 Å². The van der Waals surface area contributed by atoms with Crippen molar-refractivity contribution in [1.29, 1.82) is 0 Å². The van der Waals surface area contributed by atoms with E-state index in [9.17, 15) is 23.9 Å². The van der Waals surface area contributed by atoms with E-state index < -0.39 is 23.7 Å². The van der Waals surface area contributed by atoms with Gasteiger partial charge in [0.2, 0.25) is 0 Å². The zero-order chi connectivity index (χ0) is 22.9. The third kappa shape index (κ3) is 4.35. The van der Waals surface area contributed by atoms with Gasteiger partial charge >= 0.3 is 0 Å². The van der Waals surface area contributed by atoms with Gasteiger partial charge in [0.05, 0.1) is 24.8 Å².